The number of ether oxygens (including phenoxy) is 1. The summed E-state index contributed by atoms with van der Waals surface area (Å²) in [6.45, 7) is 8.40. The van der Waals surface area contributed by atoms with Crippen molar-refractivity contribution in [2.45, 2.75) is 52.4 Å². The third-order valence-electron chi connectivity index (χ3n) is 2.27. The van der Waals surface area contributed by atoms with Crippen LogP contribution in [0.15, 0.2) is 0 Å². The molecular weight excluding hydrogens is 174 g/mol. The van der Waals surface area contributed by atoms with Gasteiger partial charge < -0.3 is 10.1 Å². The van der Waals surface area contributed by atoms with Crippen molar-refractivity contribution < 1.29 is 4.74 Å². The van der Waals surface area contributed by atoms with Gasteiger partial charge in [0.25, 0.3) is 0 Å². The van der Waals surface area contributed by atoms with Crippen molar-refractivity contribution >= 4 is 0 Å². The van der Waals surface area contributed by atoms with Crippen molar-refractivity contribution in [3.8, 4) is 0 Å². The molecule has 86 valence electrons. The summed E-state index contributed by atoms with van der Waals surface area (Å²) in [7, 11) is 0. The van der Waals surface area contributed by atoms with Crippen LogP contribution in [-0.4, -0.2) is 26.3 Å². The Kier molecular flexibility index (Phi) is 12.8. The SMILES string of the molecule is CCCCCCOCCNCCCC. The standard InChI is InChI=1S/C12H27NO/c1-3-5-7-8-11-14-12-10-13-9-6-4-2/h13H,3-12H2,1-2H3. The third-order valence-corrected chi connectivity index (χ3v) is 2.27. The molecule has 0 spiro atoms. The Bertz CT molecular complexity index is 84.3. The van der Waals surface area contributed by atoms with Crippen LogP contribution in [0.3, 0.4) is 0 Å². The third kappa shape index (κ3) is 11.9. The molecule has 0 aromatic heterocycles. The molecule has 0 atom stereocenters. The van der Waals surface area contributed by atoms with Crippen LogP contribution in [0.25, 0.3) is 0 Å². The molecule has 0 saturated heterocycles. The first-order chi connectivity index (χ1) is 6.91. The Morgan fingerprint density at radius 1 is 0.786 bits per heavy atom. The molecule has 0 unspecified atom stereocenters. The van der Waals surface area contributed by atoms with Gasteiger partial charge in [0.05, 0.1) is 6.61 Å². The van der Waals surface area contributed by atoms with E-state index in [4.69, 9.17) is 4.74 Å². The predicted octanol–water partition coefficient (Wildman–Crippen LogP) is 2.97. The predicted molar refractivity (Wildman–Crippen MR) is 62.7 cm³/mol. The molecule has 0 aromatic carbocycles. The Labute approximate surface area is 89.4 Å². The summed E-state index contributed by atoms with van der Waals surface area (Å²) in [5, 5.41) is 3.36. The normalized spacial score (nSPS) is 10.7. The van der Waals surface area contributed by atoms with Crippen LogP contribution >= 0.6 is 0 Å². The smallest absolute Gasteiger partial charge is 0.0590 e. The second kappa shape index (κ2) is 12.9. The van der Waals surface area contributed by atoms with Gasteiger partial charge in [-0.15, -0.1) is 0 Å². The van der Waals surface area contributed by atoms with E-state index in [0.717, 1.165) is 26.3 Å². The van der Waals surface area contributed by atoms with Gasteiger partial charge in [-0.3, -0.25) is 0 Å². The highest BCUT2D eigenvalue weighted by atomic mass is 16.5. The molecule has 0 aliphatic heterocycles. The summed E-state index contributed by atoms with van der Waals surface area (Å²) < 4.78 is 5.50. The molecule has 14 heavy (non-hydrogen) atoms. The number of rotatable bonds is 11. The highest BCUT2D eigenvalue weighted by Gasteiger charge is 1.89. The highest BCUT2D eigenvalue weighted by Crippen LogP contribution is 1.98. The summed E-state index contributed by atoms with van der Waals surface area (Å²) in [6, 6.07) is 0. The second-order valence-electron chi connectivity index (χ2n) is 3.78. The van der Waals surface area contributed by atoms with Crippen molar-refractivity contribution in [2.24, 2.45) is 0 Å². The van der Waals surface area contributed by atoms with Crippen LogP contribution in [0.2, 0.25) is 0 Å². The molecule has 0 bridgehead atoms. The Balaban J connectivity index is 2.78. The maximum Gasteiger partial charge on any atom is 0.0590 e. The van der Waals surface area contributed by atoms with Crippen LogP contribution in [-0.2, 0) is 4.74 Å². The average Bonchev–Trinajstić information content (AvgIpc) is 2.21. The van der Waals surface area contributed by atoms with Crippen LogP contribution in [0.4, 0.5) is 0 Å². The summed E-state index contributed by atoms with van der Waals surface area (Å²) in [6.07, 6.45) is 7.74. The zero-order valence-corrected chi connectivity index (χ0v) is 9.98. The molecule has 0 amide bonds. The van der Waals surface area contributed by atoms with E-state index < -0.39 is 0 Å². The van der Waals surface area contributed by atoms with E-state index in [-0.39, 0.29) is 0 Å². The first-order valence-electron chi connectivity index (χ1n) is 6.20. The van der Waals surface area contributed by atoms with Gasteiger partial charge in [-0.2, -0.15) is 0 Å². The summed E-state index contributed by atoms with van der Waals surface area (Å²) in [4.78, 5) is 0. The quantitative estimate of drug-likeness (QED) is 0.519. The number of nitrogens with one attached hydrogen (secondary N) is 1. The zero-order valence-electron chi connectivity index (χ0n) is 9.98. The van der Waals surface area contributed by atoms with E-state index in [1.165, 1.54) is 38.5 Å². The summed E-state index contributed by atoms with van der Waals surface area (Å²) >= 11 is 0. The maximum atomic E-state index is 5.50. The van der Waals surface area contributed by atoms with Crippen molar-refractivity contribution in [1.82, 2.24) is 5.32 Å². The van der Waals surface area contributed by atoms with Crippen molar-refractivity contribution in [3.63, 3.8) is 0 Å². The minimum atomic E-state index is 0.871. The van der Waals surface area contributed by atoms with Gasteiger partial charge in [0.1, 0.15) is 0 Å². The summed E-state index contributed by atoms with van der Waals surface area (Å²) in [5.41, 5.74) is 0. The lowest BCUT2D eigenvalue weighted by Crippen LogP contribution is -2.20. The largest absolute Gasteiger partial charge is 0.380 e. The Morgan fingerprint density at radius 3 is 2.29 bits per heavy atom. The Hall–Kier alpha value is -0.0800. The fraction of sp³-hybridized carbons (Fsp3) is 1.00. The van der Waals surface area contributed by atoms with Gasteiger partial charge in [0.2, 0.25) is 0 Å². The molecule has 0 aliphatic rings. The number of hydrogen-bond donors (Lipinski definition) is 1. The first-order valence-corrected chi connectivity index (χ1v) is 6.20. The lowest BCUT2D eigenvalue weighted by Gasteiger charge is -2.05. The monoisotopic (exact) mass is 201 g/mol. The lowest BCUT2D eigenvalue weighted by molar-refractivity contribution is 0.131. The van der Waals surface area contributed by atoms with Gasteiger partial charge in [0.15, 0.2) is 0 Å². The topological polar surface area (TPSA) is 21.3 Å². The van der Waals surface area contributed by atoms with E-state index >= 15 is 0 Å². The average molecular weight is 201 g/mol. The minimum absolute atomic E-state index is 0.871. The van der Waals surface area contributed by atoms with E-state index in [2.05, 4.69) is 19.2 Å². The van der Waals surface area contributed by atoms with Crippen LogP contribution < -0.4 is 5.32 Å². The fourth-order valence-corrected chi connectivity index (χ4v) is 1.30. The van der Waals surface area contributed by atoms with E-state index in [1.54, 1.807) is 0 Å². The molecule has 0 radical (unpaired) electrons. The van der Waals surface area contributed by atoms with Crippen LogP contribution in [0, 0.1) is 0 Å². The highest BCUT2D eigenvalue weighted by molar-refractivity contribution is 4.46. The van der Waals surface area contributed by atoms with Gasteiger partial charge in [0, 0.05) is 13.2 Å². The molecule has 0 fully saturated rings. The number of hydrogen-bond acceptors (Lipinski definition) is 2. The van der Waals surface area contributed by atoms with Gasteiger partial charge in [-0.1, -0.05) is 39.5 Å². The molecular formula is C12H27NO. The van der Waals surface area contributed by atoms with Gasteiger partial charge in [-0.25, -0.2) is 0 Å². The van der Waals surface area contributed by atoms with E-state index in [9.17, 15) is 0 Å². The van der Waals surface area contributed by atoms with Crippen molar-refractivity contribution in [3.05, 3.63) is 0 Å². The molecule has 0 rings (SSSR count). The van der Waals surface area contributed by atoms with Crippen molar-refractivity contribution in [1.29, 1.82) is 0 Å². The van der Waals surface area contributed by atoms with E-state index in [1.807, 2.05) is 0 Å². The second-order valence-corrected chi connectivity index (χ2v) is 3.78. The van der Waals surface area contributed by atoms with Gasteiger partial charge in [-0.05, 0) is 19.4 Å². The van der Waals surface area contributed by atoms with E-state index in [0.29, 0.717) is 0 Å². The molecule has 0 aromatic rings. The van der Waals surface area contributed by atoms with Crippen LogP contribution in [0.5, 0.6) is 0 Å². The minimum Gasteiger partial charge on any atom is -0.380 e. The van der Waals surface area contributed by atoms with Crippen molar-refractivity contribution in [2.75, 3.05) is 26.3 Å². The first kappa shape index (κ1) is 13.9. The molecule has 2 heteroatoms. The Morgan fingerprint density at radius 2 is 1.57 bits per heavy atom. The fourth-order valence-electron chi connectivity index (χ4n) is 1.30. The molecule has 0 heterocycles. The maximum absolute atomic E-state index is 5.50. The number of unbranched alkanes of at least 4 members (excludes halogenated alkanes) is 4. The summed E-state index contributed by atoms with van der Waals surface area (Å²) in [5.74, 6) is 0. The zero-order chi connectivity index (χ0) is 10.5. The molecule has 0 saturated carbocycles. The molecule has 1 N–H and O–H groups in total. The lowest BCUT2D eigenvalue weighted by atomic mass is 10.2. The van der Waals surface area contributed by atoms with Crippen LogP contribution in [0.1, 0.15) is 52.4 Å². The molecule has 2 nitrogen and oxygen atoms in total. The van der Waals surface area contributed by atoms with Gasteiger partial charge >= 0.3 is 0 Å². The molecule has 0 aliphatic carbocycles.